The van der Waals surface area contributed by atoms with Gasteiger partial charge in [-0.25, -0.2) is 0 Å². The number of ether oxygens (including phenoxy) is 2. The fraction of sp³-hybridized carbons (Fsp3) is 0.211. The van der Waals surface area contributed by atoms with Crippen molar-refractivity contribution in [2.75, 3.05) is 17.3 Å². The highest BCUT2D eigenvalue weighted by atomic mass is 35.5. The predicted molar refractivity (Wildman–Crippen MR) is 103 cm³/mol. The fourth-order valence-electron chi connectivity index (χ4n) is 2.53. The number of carbonyl (C=O) groups is 3. The maximum absolute atomic E-state index is 12.5. The van der Waals surface area contributed by atoms with E-state index in [0.29, 0.717) is 27.8 Å². The van der Waals surface area contributed by atoms with Gasteiger partial charge in [0.15, 0.2) is 0 Å². The van der Waals surface area contributed by atoms with Crippen molar-refractivity contribution < 1.29 is 23.9 Å². The van der Waals surface area contributed by atoms with Crippen LogP contribution in [-0.2, 0) is 14.4 Å². The first-order valence-corrected chi connectivity index (χ1v) is 8.35. The van der Waals surface area contributed by atoms with Gasteiger partial charge in [-0.1, -0.05) is 11.6 Å². The molecule has 0 atom stereocenters. The van der Waals surface area contributed by atoms with E-state index in [2.05, 4.69) is 5.32 Å². The molecule has 0 aromatic heterocycles. The molecule has 0 saturated carbocycles. The molecule has 2 aromatic carbocycles. The first-order chi connectivity index (χ1) is 12.7. The van der Waals surface area contributed by atoms with Crippen LogP contribution in [-0.4, -0.2) is 24.9 Å². The molecule has 0 aliphatic carbocycles. The van der Waals surface area contributed by atoms with E-state index in [1.165, 1.54) is 44.9 Å². The lowest BCUT2D eigenvalue weighted by Gasteiger charge is -2.26. The number of halogens is 1. The van der Waals surface area contributed by atoms with Gasteiger partial charge >= 0.3 is 5.97 Å². The summed E-state index contributed by atoms with van der Waals surface area (Å²) in [6, 6.07) is 9.39. The number of rotatable bonds is 5. The van der Waals surface area contributed by atoms with E-state index in [1.807, 2.05) is 0 Å². The molecular formula is C19H19ClN2O5. The molecule has 0 aliphatic rings. The summed E-state index contributed by atoms with van der Waals surface area (Å²) in [7, 11) is 1.43. The summed E-state index contributed by atoms with van der Waals surface area (Å²) in [5, 5.41) is 3.07. The van der Waals surface area contributed by atoms with Gasteiger partial charge in [0, 0.05) is 31.9 Å². The molecule has 0 aliphatic heterocycles. The minimum atomic E-state index is -0.476. The Labute approximate surface area is 161 Å². The predicted octanol–water partition coefficient (Wildman–Crippen LogP) is 3.92. The molecule has 7 nitrogen and oxygen atoms in total. The number of esters is 1. The summed E-state index contributed by atoms with van der Waals surface area (Å²) in [6.45, 7) is 4.02. The SMILES string of the molecule is COc1cc(OC(C)=O)ccc1N(C(C)=O)c1cc(Cl)ccc1NC(C)=O. The lowest BCUT2D eigenvalue weighted by molar-refractivity contribution is -0.132. The second-order valence-corrected chi connectivity index (χ2v) is 6.06. The highest BCUT2D eigenvalue weighted by Gasteiger charge is 2.23. The van der Waals surface area contributed by atoms with Crippen LogP contribution in [0.25, 0.3) is 0 Å². The van der Waals surface area contributed by atoms with Gasteiger partial charge in [-0.2, -0.15) is 0 Å². The lowest BCUT2D eigenvalue weighted by Crippen LogP contribution is -2.25. The Morgan fingerprint density at radius 1 is 1.00 bits per heavy atom. The number of methoxy groups -OCH3 is 1. The van der Waals surface area contributed by atoms with Gasteiger partial charge in [-0.3, -0.25) is 19.3 Å². The highest BCUT2D eigenvalue weighted by Crippen LogP contribution is 2.40. The molecule has 2 rings (SSSR count). The molecular weight excluding hydrogens is 372 g/mol. The Bertz CT molecular complexity index is 898. The van der Waals surface area contributed by atoms with Crippen molar-refractivity contribution in [3.63, 3.8) is 0 Å². The molecule has 2 aromatic rings. The van der Waals surface area contributed by atoms with Crippen molar-refractivity contribution in [2.24, 2.45) is 0 Å². The van der Waals surface area contributed by atoms with E-state index in [1.54, 1.807) is 24.3 Å². The van der Waals surface area contributed by atoms with Crippen molar-refractivity contribution in [1.82, 2.24) is 0 Å². The molecule has 27 heavy (non-hydrogen) atoms. The second-order valence-electron chi connectivity index (χ2n) is 5.62. The van der Waals surface area contributed by atoms with Crippen LogP contribution in [0.3, 0.4) is 0 Å². The molecule has 0 fully saturated rings. The number of anilines is 3. The standard InChI is InChI=1S/C19H19ClN2O5/c1-11(23)21-16-7-5-14(20)9-18(16)22(12(2)24)17-8-6-15(27-13(3)25)10-19(17)26-4/h5-10H,1-4H3,(H,21,23). The Morgan fingerprint density at radius 2 is 1.70 bits per heavy atom. The van der Waals surface area contributed by atoms with Crippen LogP contribution < -0.4 is 19.7 Å². The van der Waals surface area contributed by atoms with Crippen molar-refractivity contribution >= 4 is 46.4 Å². The average molecular weight is 391 g/mol. The van der Waals surface area contributed by atoms with Crippen LogP contribution in [0.5, 0.6) is 11.5 Å². The zero-order chi connectivity index (χ0) is 20.1. The highest BCUT2D eigenvalue weighted by molar-refractivity contribution is 6.31. The lowest BCUT2D eigenvalue weighted by atomic mass is 10.2. The van der Waals surface area contributed by atoms with Crippen molar-refractivity contribution in [3.05, 3.63) is 41.4 Å². The van der Waals surface area contributed by atoms with Gasteiger partial charge in [-0.15, -0.1) is 0 Å². The fourth-order valence-corrected chi connectivity index (χ4v) is 2.69. The monoisotopic (exact) mass is 390 g/mol. The van der Waals surface area contributed by atoms with Crippen LogP contribution >= 0.6 is 11.6 Å². The third-order valence-corrected chi connectivity index (χ3v) is 3.72. The van der Waals surface area contributed by atoms with Gasteiger partial charge < -0.3 is 14.8 Å². The Kier molecular flexibility index (Phi) is 6.41. The Balaban J connectivity index is 2.62. The van der Waals surface area contributed by atoms with Crippen molar-refractivity contribution in [3.8, 4) is 11.5 Å². The van der Waals surface area contributed by atoms with E-state index in [9.17, 15) is 14.4 Å². The average Bonchev–Trinajstić information content (AvgIpc) is 2.57. The Hall–Kier alpha value is -3.06. The minimum Gasteiger partial charge on any atom is -0.494 e. The number of nitrogens with one attached hydrogen (secondary N) is 1. The van der Waals surface area contributed by atoms with Gasteiger partial charge in [0.2, 0.25) is 11.8 Å². The number of amides is 2. The first kappa shape index (κ1) is 20.3. The summed E-state index contributed by atoms with van der Waals surface area (Å²) in [5.41, 5.74) is 1.19. The van der Waals surface area contributed by atoms with E-state index in [4.69, 9.17) is 21.1 Å². The summed E-state index contributed by atoms with van der Waals surface area (Å²) >= 11 is 6.11. The molecule has 1 N–H and O–H groups in total. The molecule has 8 heteroatoms. The molecule has 0 heterocycles. The summed E-state index contributed by atoms with van der Waals surface area (Å²) in [5.74, 6) is -0.518. The van der Waals surface area contributed by atoms with E-state index < -0.39 is 5.97 Å². The number of hydrogen-bond acceptors (Lipinski definition) is 5. The molecule has 0 saturated heterocycles. The van der Waals surface area contributed by atoms with Crippen LogP contribution in [0.15, 0.2) is 36.4 Å². The van der Waals surface area contributed by atoms with Crippen LogP contribution in [0, 0.1) is 0 Å². The summed E-state index contributed by atoms with van der Waals surface area (Å²) < 4.78 is 10.4. The van der Waals surface area contributed by atoms with Crippen molar-refractivity contribution in [2.45, 2.75) is 20.8 Å². The van der Waals surface area contributed by atoms with Crippen LogP contribution in [0.4, 0.5) is 17.1 Å². The van der Waals surface area contributed by atoms with E-state index in [-0.39, 0.29) is 17.6 Å². The first-order valence-electron chi connectivity index (χ1n) is 7.97. The van der Waals surface area contributed by atoms with Gasteiger partial charge in [0.25, 0.3) is 0 Å². The number of hydrogen-bond donors (Lipinski definition) is 1. The molecule has 0 bridgehead atoms. The van der Waals surface area contributed by atoms with E-state index in [0.717, 1.165) is 0 Å². The number of carbonyl (C=O) groups excluding carboxylic acids is 3. The van der Waals surface area contributed by atoms with Gasteiger partial charge in [-0.05, 0) is 30.3 Å². The quantitative estimate of drug-likeness (QED) is 0.617. The maximum Gasteiger partial charge on any atom is 0.308 e. The number of benzene rings is 2. The van der Waals surface area contributed by atoms with Gasteiger partial charge in [0.05, 0.1) is 24.2 Å². The zero-order valence-electron chi connectivity index (χ0n) is 15.3. The second kappa shape index (κ2) is 8.55. The summed E-state index contributed by atoms with van der Waals surface area (Å²) in [6.07, 6.45) is 0. The molecule has 0 unspecified atom stereocenters. The maximum atomic E-state index is 12.5. The minimum absolute atomic E-state index is 0.278. The smallest absolute Gasteiger partial charge is 0.308 e. The Morgan fingerprint density at radius 3 is 2.26 bits per heavy atom. The molecule has 2 amide bonds. The largest absolute Gasteiger partial charge is 0.494 e. The molecule has 0 spiro atoms. The third kappa shape index (κ3) is 4.98. The van der Waals surface area contributed by atoms with E-state index >= 15 is 0 Å². The zero-order valence-corrected chi connectivity index (χ0v) is 16.1. The topological polar surface area (TPSA) is 84.9 Å². The summed E-state index contributed by atoms with van der Waals surface area (Å²) in [4.78, 5) is 36.5. The number of nitrogens with zero attached hydrogens (tertiary/aromatic N) is 1. The third-order valence-electron chi connectivity index (χ3n) is 3.48. The van der Waals surface area contributed by atoms with Crippen LogP contribution in [0.1, 0.15) is 20.8 Å². The molecule has 142 valence electrons. The molecule has 0 radical (unpaired) electrons. The van der Waals surface area contributed by atoms with Crippen LogP contribution in [0.2, 0.25) is 5.02 Å². The normalized spacial score (nSPS) is 10.1. The van der Waals surface area contributed by atoms with Crippen molar-refractivity contribution in [1.29, 1.82) is 0 Å². The van der Waals surface area contributed by atoms with Gasteiger partial charge in [0.1, 0.15) is 11.5 Å².